The molecule has 0 radical (unpaired) electrons. The normalized spacial score (nSPS) is 15.9. The van der Waals surface area contributed by atoms with E-state index in [2.05, 4.69) is 10.6 Å². The van der Waals surface area contributed by atoms with Gasteiger partial charge >= 0.3 is 0 Å². The number of nitrogens with one attached hydrogen (secondary N) is 2. The topological polar surface area (TPSA) is 84.2 Å². The van der Waals surface area contributed by atoms with E-state index in [1.807, 2.05) is 6.92 Å². The number of hydrogen-bond acceptors (Lipinski definition) is 3. The SMILES string of the molecule is CCCC(N)C(=O)NCCCNC(=O)C1CCC1.Cl. The van der Waals surface area contributed by atoms with Gasteiger partial charge in [-0.25, -0.2) is 0 Å². The molecule has 1 atom stereocenters. The molecule has 5 nitrogen and oxygen atoms in total. The van der Waals surface area contributed by atoms with Crippen LogP contribution in [-0.2, 0) is 9.59 Å². The molecule has 19 heavy (non-hydrogen) atoms. The van der Waals surface area contributed by atoms with Gasteiger partial charge in [0.25, 0.3) is 0 Å². The Morgan fingerprint density at radius 3 is 2.42 bits per heavy atom. The van der Waals surface area contributed by atoms with Crippen molar-refractivity contribution < 1.29 is 9.59 Å². The van der Waals surface area contributed by atoms with Crippen molar-refractivity contribution in [3.05, 3.63) is 0 Å². The summed E-state index contributed by atoms with van der Waals surface area (Å²) in [7, 11) is 0. The van der Waals surface area contributed by atoms with Crippen molar-refractivity contribution in [1.82, 2.24) is 10.6 Å². The Morgan fingerprint density at radius 2 is 1.89 bits per heavy atom. The highest BCUT2D eigenvalue weighted by Gasteiger charge is 2.24. The maximum atomic E-state index is 11.5. The summed E-state index contributed by atoms with van der Waals surface area (Å²) in [6.07, 6.45) is 5.59. The number of halogens is 1. The van der Waals surface area contributed by atoms with Gasteiger partial charge in [-0.1, -0.05) is 19.8 Å². The summed E-state index contributed by atoms with van der Waals surface area (Å²) < 4.78 is 0. The standard InChI is InChI=1S/C13H25N3O2.ClH/c1-2-5-11(14)13(18)16-9-4-8-15-12(17)10-6-3-7-10;/h10-11H,2-9,14H2,1H3,(H,15,17)(H,16,18);1H. The summed E-state index contributed by atoms with van der Waals surface area (Å²) in [5, 5.41) is 5.67. The average Bonchev–Trinajstić information content (AvgIpc) is 2.26. The minimum atomic E-state index is -0.403. The Balaban J connectivity index is 0.00000324. The van der Waals surface area contributed by atoms with Crippen LogP contribution in [0.4, 0.5) is 0 Å². The highest BCUT2D eigenvalue weighted by molar-refractivity contribution is 5.85. The molecule has 0 aromatic carbocycles. The minimum absolute atomic E-state index is 0. The zero-order chi connectivity index (χ0) is 13.4. The Kier molecular flexibility index (Phi) is 9.61. The van der Waals surface area contributed by atoms with Crippen LogP contribution in [0.5, 0.6) is 0 Å². The molecule has 2 amide bonds. The molecule has 1 aliphatic rings. The maximum absolute atomic E-state index is 11.5. The molecule has 1 rings (SSSR count). The molecule has 0 heterocycles. The van der Waals surface area contributed by atoms with Crippen molar-refractivity contribution in [2.45, 2.75) is 51.5 Å². The van der Waals surface area contributed by atoms with Crippen LogP contribution in [0.2, 0.25) is 0 Å². The lowest BCUT2D eigenvalue weighted by Gasteiger charge is -2.24. The molecule has 4 N–H and O–H groups in total. The number of carbonyl (C=O) groups excluding carboxylic acids is 2. The molecule has 0 spiro atoms. The van der Waals surface area contributed by atoms with Crippen LogP contribution < -0.4 is 16.4 Å². The monoisotopic (exact) mass is 291 g/mol. The largest absolute Gasteiger partial charge is 0.356 e. The number of carbonyl (C=O) groups is 2. The van der Waals surface area contributed by atoms with E-state index in [0.29, 0.717) is 19.5 Å². The van der Waals surface area contributed by atoms with Gasteiger partial charge in [0.15, 0.2) is 0 Å². The second-order valence-corrected chi connectivity index (χ2v) is 4.96. The molecular weight excluding hydrogens is 266 g/mol. The van der Waals surface area contributed by atoms with E-state index in [1.54, 1.807) is 0 Å². The van der Waals surface area contributed by atoms with E-state index >= 15 is 0 Å². The van der Waals surface area contributed by atoms with Crippen LogP contribution in [0.15, 0.2) is 0 Å². The Morgan fingerprint density at radius 1 is 1.26 bits per heavy atom. The summed E-state index contributed by atoms with van der Waals surface area (Å²) in [5.74, 6) is 0.301. The molecule has 0 aromatic rings. The van der Waals surface area contributed by atoms with Crippen molar-refractivity contribution in [2.24, 2.45) is 11.7 Å². The fourth-order valence-corrected chi connectivity index (χ4v) is 1.90. The van der Waals surface area contributed by atoms with Gasteiger partial charge in [0.1, 0.15) is 0 Å². The minimum Gasteiger partial charge on any atom is -0.356 e. The van der Waals surface area contributed by atoms with Gasteiger partial charge in [0.05, 0.1) is 6.04 Å². The third-order valence-electron chi connectivity index (χ3n) is 3.36. The number of hydrogen-bond donors (Lipinski definition) is 3. The highest BCUT2D eigenvalue weighted by atomic mass is 35.5. The third-order valence-corrected chi connectivity index (χ3v) is 3.36. The van der Waals surface area contributed by atoms with Crippen LogP contribution >= 0.6 is 12.4 Å². The van der Waals surface area contributed by atoms with Crippen LogP contribution in [-0.4, -0.2) is 30.9 Å². The first-order valence-corrected chi connectivity index (χ1v) is 6.96. The van der Waals surface area contributed by atoms with Gasteiger partial charge in [0.2, 0.25) is 11.8 Å². The quantitative estimate of drug-likeness (QED) is 0.582. The van der Waals surface area contributed by atoms with E-state index in [0.717, 1.165) is 25.7 Å². The molecule has 1 aliphatic carbocycles. The van der Waals surface area contributed by atoms with Crippen LogP contribution in [0.1, 0.15) is 45.4 Å². The predicted molar refractivity (Wildman–Crippen MR) is 78.1 cm³/mol. The fourth-order valence-electron chi connectivity index (χ4n) is 1.90. The lowest BCUT2D eigenvalue weighted by molar-refractivity contribution is -0.127. The molecule has 1 fully saturated rings. The highest BCUT2D eigenvalue weighted by Crippen LogP contribution is 2.25. The first-order valence-electron chi connectivity index (χ1n) is 6.96. The Labute approximate surface area is 121 Å². The Bertz CT molecular complexity index is 283. The summed E-state index contributed by atoms with van der Waals surface area (Å²) in [6, 6.07) is -0.403. The molecule has 1 saturated carbocycles. The third kappa shape index (κ3) is 6.78. The van der Waals surface area contributed by atoms with Crippen LogP contribution in [0, 0.1) is 5.92 Å². The van der Waals surface area contributed by atoms with Crippen molar-refractivity contribution in [3.63, 3.8) is 0 Å². The summed E-state index contributed by atoms with van der Waals surface area (Å²) in [6.45, 7) is 3.20. The van der Waals surface area contributed by atoms with E-state index in [-0.39, 0.29) is 30.1 Å². The maximum Gasteiger partial charge on any atom is 0.236 e. The zero-order valence-corrected chi connectivity index (χ0v) is 12.4. The molecule has 1 unspecified atom stereocenters. The molecule has 112 valence electrons. The average molecular weight is 292 g/mol. The molecule has 0 aromatic heterocycles. The lowest BCUT2D eigenvalue weighted by atomic mass is 9.85. The van der Waals surface area contributed by atoms with Gasteiger partial charge in [-0.15, -0.1) is 12.4 Å². The molecule has 6 heteroatoms. The first kappa shape index (κ1) is 18.2. The van der Waals surface area contributed by atoms with Crippen molar-refractivity contribution >= 4 is 24.2 Å². The molecule has 0 bridgehead atoms. The lowest BCUT2D eigenvalue weighted by Crippen LogP contribution is -2.41. The number of nitrogens with two attached hydrogens (primary N) is 1. The second kappa shape index (κ2) is 10.0. The van der Waals surface area contributed by atoms with Crippen molar-refractivity contribution in [3.8, 4) is 0 Å². The van der Waals surface area contributed by atoms with Crippen LogP contribution in [0.25, 0.3) is 0 Å². The summed E-state index contributed by atoms with van der Waals surface area (Å²) >= 11 is 0. The van der Waals surface area contributed by atoms with E-state index in [1.165, 1.54) is 6.42 Å². The zero-order valence-electron chi connectivity index (χ0n) is 11.6. The molecular formula is C13H26ClN3O2. The van der Waals surface area contributed by atoms with Gasteiger partial charge in [-0.2, -0.15) is 0 Å². The summed E-state index contributed by atoms with van der Waals surface area (Å²) in [4.78, 5) is 23.0. The fraction of sp³-hybridized carbons (Fsp3) is 0.846. The molecule has 0 saturated heterocycles. The smallest absolute Gasteiger partial charge is 0.236 e. The van der Waals surface area contributed by atoms with Gasteiger partial charge in [-0.05, 0) is 25.7 Å². The van der Waals surface area contributed by atoms with E-state index < -0.39 is 6.04 Å². The molecule has 0 aliphatic heterocycles. The van der Waals surface area contributed by atoms with Crippen molar-refractivity contribution in [1.29, 1.82) is 0 Å². The number of rotatable bonds is 8. The summed E-state index contributed by atoms with van der Waals surface area (Å²) in [5.41, 5.74) is 5.67. The van der Waals surface area contributed by atoms with Gasteiger partial charge < -0.3 is 16.4 Å². The van der Waals surface area contributed by atoms with E-state index in [9.17, 15) is 9.59 Å². The second-order valence-electron chi connectivity index (χ2n) is 4.96. The van der Waals surface area contributed by atoms with Gasteiger partial charge in [-0.3, -0.25) is 9.59 Å². The Hall–Kier alpha value is -0.810. The van der Waals surface area contributed by atoms with Crippen molar-refractivity contribution in [2.75, 3.05) is 13.1 Å². The van der Waals surface area contributed by atoms with Gasteiger partial charge in [0, 0.05) is 19.0 Å². The van der Waals surface area contributed by atoms with Crippen LogP contribution in [0.3, 0.4) is 0 Å². The number of amides is 2. The van der Waals surface area contributed by atoms with E-state index in [4.69, 9.17) is 5.73 Å². The predicted octanol–water partition coefficient (Wildman–Crippen LogP) is 0.958. The first-order chi connectivity index (χ1) is 8.65.